The van der Waals surface area contributed by atoms with Crippen LogP contribution in [0.15, 0.2) is 42.0 Å². The minimum Gasteiger partial charge on any atom is -0.437 e. The molecule has 1 aromatic carbocycles. The van der Waals surface area contributed by atoms with E-state index in [0.717, 1.165) is 24.1 Å². The quantitative estimate of drug-likeness (QED) is 0.510. The van der Waals surface area contributed by atoms with E-state index in [1.807, 2.05) is 35.1 Å². The Morgan fingerprint density at radius 3 is 2.65 bits per heavy atom. The predicted octanol–water partition coefficient (Wildman–Crippen LogP) is 2.48. The van der Waals surface area contributed by atoms with Gasteiger partial charge in [0.15, 0.2) is 5.78 Å². The fourth-order valence-electron chi connectivity index (χ4n) is 2.63. The monoisotopic (exact) mass is 335 g/mol. The zero-order valence-electron chi connectivity index (χ0n) is 11.6. The second-order valence-corrected chi connectivity index (χ2v) is 5.66. The van der Waals surface area contributed by atoms with Gasteiger partial charge in [-0.15, -0.1) is 0 Å². The number of hydrogen-bond acceptors (Lipinski definition) is 3. The maximum absolute atomic E-state index is 12.3. The molecule has 3 nitrogen and oxygen atoms in total. The van der Waals surface area contributed by atoms with Crippen LogP contribution >= 0.6 is 15.9 Å². The van der Waals surface area contributed by atoms with Crippen molar-refractivity contribution >= 4 is 28.8 Å². The summed E-state index contributed by atoms with van der Waals surface area (Å²) in [5.41, 5.74) is 2.21. The van der Waals surface area contributed by atoms with Gasteiger partial charge in [-0.25, -0.2) is 0 Å². The van der Waals surface area contributed by atoms with Crippen LogP contribution in [-0.4, -0.2) is 41.1 Å². The molecule has 106 valence electrons. The van der Waals surface area contributed by atoms with Crippen LogP contribution in [0.2, 0.25) is 6.82 Å². The van der Waals surface area contributed by atoms with E-state index >= 15 is 0 Å². The number of carbonyl (C=O) groups is 1. The molecule has 0 amide bonds. The number of Topliss-reactive ketones (excluding diaryl/α,β-unsaturated/α-hetero) is 1. The number of hydrogen-bond donors (Lipinski definition) is 1. The number of carbonyl (C=O) groups excluding carboxylic acids is 1. The third-order valence-corrected chi connectivity index (χ3v) is 4.31. The molecule has 1 aromatic rings. The van der Waals surface area contributed by atoms with Crippen LogP contribution in [0.4, 0.5) is 0 Å². The van der Waals surface area contributed by atoms with Crippen molar-refractivity contribution in [2.75, 3.05) is 18.4 Å². The SMILES string of the molecule is CB(O)N1CC=C(C(C(=O)CBr)c2ccccc2)CC1. The van der Waals surface area contributed by atoms with Gasteiger partial charge in [0, 0.05) is 6.54 Å². The fraction of sp³-hybridized carbons (Fsp3) is 0.400. The van der Waals surface area contributed by atoms with E-state index in [1.54, 1.807) is 6.82 Å². The van der Waals surface area contributed by atoms with Gasteiger partial charge in [0.05, 0.1) is 11.2 Å². The highest BCUT2D eigenvalue weighted by molar-refractivity contribution is 9.09. The van der Waals surface area contributed by atoms with Gasteiger partial charge in [-0.05, 0) is 25.4 Å². The highest BCUT2D eigenvalue weighted by Gasteiger charge is 2.27. The Morgan fingerprint density at radius 1 is 1.45 bits per heavy atom. The van der Waals surface area contributed by atoms with E-state index in [1.165, 1.54) is 0 Å². The Bertz CT molecular complexity index is 490. The summed E-state index contributed by atoms with van der Waals surface area (Å²) in [5.74, 6) is 0.0275. The summed E-state index contributed by atoms with van der Waals surface area (Å²) in [6, 6.07) is 9.91. The summed E-state index contributed by atoms with van der Waals surface area (Å²) < 4.78 is 0. The normalized spacial score (nSPS) is 17.4. The highest BCUT2D eigenvalue weighted by Crippen LogP contribution is 2.30. The van der Waals surface area contributed by atoms with Crippen LogP contribution < -0.4 is 0 Å². The molecule has 0 saturated heterocycles. The second kappa shape index (κ2) is 7.20. The molecule has 0 aliphatic carbocycles. The lowest BCUT2D eigenvalue weighted by Crippen LogP contribution is -2.40. The van der Waals surface area contributed by atoms with Gasteiger partial charge in [0.25, 0.3) is 0 Å². The van der Waals surface area contributed by atoms with E-state index in [2.05, 4.69) is 22.0 Å². The van der Waals surface area contributed by atoms with Gasteiger partial charge >= 0.3 is 7.05 Å². The summed E-state index contributed by atoms with van der Waals surface area (Å²) >= 11 is 3.29. The van der Waals surface area contributed by atoms with Crippen LogP contribution in [0, 0.1) is 0 Å². The molecule has 1 N–H and O–H groups in total. The highest BCUT2D eigenvalue weighted by atomic mass is 79.9. The van der Waals surface area contributed by atoms with Crippen LogP contribution in [0.1, 0.15) is 17.9 Å². The van der Waals surface area contributed by atoms with E-state index in [0.29, 0.717) is 11.9 Å². The number of nitrogens with zero attached hydrogens (tertiary/aromatic N) is 1. The van der Waals surface area contributed by atoms with Crippen molar-refractivity contribution < 1.29 is 9.82 Å². The minimum atomic E-state index is -0.435. The maximum atomic E-state index is 12.3. The second-order valence-electron chi connectivity index (χ2n) is 5.10. The molecule has 5 heteroatoms. The van der Waals surface area contributed by atoms with Gasteiger partial charge in [-0.3, -0.25) is 4.79 Å². The van der Waals surface area contributed by atoms with E-state index < -0.39 is 7.05 Å². The van der Waals surface area contributed by atoms with Crippen LogP contribution in [0.3, 0.4) is 0 Å². The first-order chi connectivity index (χ1) is 9.63. The van der Waals surface area contributed by atoms with Gasteiger partial charge in [-0.2, -0.15) is 0 Å². The third kappa shape index (κ3) is 3.60. The molecular formula is C15H19BBrNO2. The summed E-state index contributed by atoms with van der Waals surface area (Å²) in [5, 5.41) is 9.96. The number of ketones is 1. The third-order valence-electron chi connectivity index (χ3n) is 3.76. The molecule has 1 unspecified atom stereocenters. The zero-order chi connectivity index (χ0) is 14.5. The molecule has 2 rings (SSSR count). The molecule has 20 heavy (non-hydrogen) atoms. The fourth-order valence-corrected chi connectivity index (χ4v) is 2.96. The van der Waals surface area contributed by atoms with Crippen molar-refractivity contribution in [3.8, 4) is 0 Å². The van der Waals surface area contributed by atoms with E-state index in [-0.39, 0.29) is 11.7 Å². The molecule has 0 saturated carbocycles. The molecular weight excluding hydrogens is 317 g/mol. The van der Waals surface area contributed by atoms with Gasteiger partial charge in [0.1, 0.15) is 0 Å². The smallest absolute Gasteiger partial charge is 0.376 e. The summed E-state index contributed by atoms with van der Waals surface area (Å²) in [4.78, 5) is 14.3. The lowest BCUT2D eigenvalue weighted by molar-refractivity contribution is -0.117. The van der Waals surface area contributed by atoms with Crippen LogP contribution in [-0.2, 0) is 4.79 Å². The van der Waals surface area contributed by atoms with Crippen molar-refractivity contribution in [3.63, 3.8) is 0 Å². The van der Waals surface area contributed by atoms with Crippen molar-refractivity contribution in [2.24, 2.45) is 0 Å². The molecule has 0 spiro atoms. The van der Waals surface area contributed by atoms with Crippen molar-refractivity contribution in [3.05, 3.63) is 47.5 Å². The Balaban J connectivity index is 2.23. The number of benzene rings is 1. The van der Waals surface area contributed by atoms with Crippen LogP contribution in [0.25, 0.3) is 0 Å². The Morgan fingerprint density at radius 2 is 2.15 bits per heavy atom. The molecule has 0 aromatic heterocycles. The van der Waals surface area contributed by atoms with E-state index in [9.17, 15) is 9.82 Å². The summed E-state index contributed by atoms with van der Waals surface area (Å²) in [6.07, 6.45) is 2.91. The topological polar surface area (TPSA) is 40.5 Å². The standard InChI is InChI=1S/C15H19BBrNO2/c1-16(20)18-9-7-13(8-10-18)15(14(19)11-17)12-5-3-2-4-6-12/h2-7,15,20H,8-11H2,1H3. The minimum absolute atomic E-state index is 0.160. The first-order valence-corrected chi connectivity index (χ1v) is 8.00. The first-order valence-electron chi connectivity index (χ1n) is 6.88. The largest absolute Gasteiger partial charge is 0.437 e. The maximum Gasteiger partial charge on any atom is 0.376 e. The number of halogens is 1. The average Bonchev–Trinajstić information content (AvgIpc) is 2.49. The Hall–Kier alpha value is -0.905. The Kier molecular flexibility index (Phi) is 5.58. The first kappa shape index (κ1) is 15.5. The van der Waals surface area contributed by atoms with Gasteiger partial charge in [-0.1, -0.05) is 57.9 Å². The lowest BCUT2D eigenvalue weighted by atomic mass is 9.80. The van der Waals surface area contributed by atoms with Crippen molar-refractivity contribution in [2.45, 2.75) is 19.2 Å². The molecule has 1 heterocycles. The molecule has 0 bridgehead atoms. The lowest BCUT2D eigenvalue weighted by Gasteiger charge is -2.30. The Labute approximate surface area is 128 Å². The molecule has 1 aliphatic heterocycles. The predicted molar refractivity (Wildman–Crippen MR) is 86.1 cm³/mol. The summed E-state index contributed by atoms with van der Waals surface area (Å²) in [7, 11) is -0.435. The van der Waals surface area contributed by atoms with Gasteiger partial charge in [0.2, 0.25) is 0 Å². The molecule has 0 radical (unpaired) electrons. The molecule has 0 fully saturated rings. The number of alkyl halides is 1. The molecule has 1 atom stereocenters. The summed E-state index contributed by atoms with van der Waals surface area (Å²) in [6.45, 7) is 3.27. The average molecular weight is 336 g/mol. The zero-order valence-corrected chi connectivity index (χ0v) is 13.2. The van der Waals surface area contributed by atoms with E-state index in [4.69, 9.17) is 0 Å². The number of rotatable bonds is 5. The van der Waals surface area contributed by atoms with Crippen LogP contribution in [0.5, 0.6) is 0 Å². The molecule has 1 aliphatic rings. The van der Waals surface area contributed by atoms with Crippen molar-refractivity contribution in [1.29, 1.82) is 0 Å². The van der Waals surface area contributed by atoms with Gasteiger partial charge < -0.3 is 9.83 Å². The van der Waals surface area contributed by atoms with Crippen molar-refractivity contribution in [1.82, 2.24) is 4.81 Å².